The summed E-state index contributed by atoms with van der Waals surface area (Å²) >= 11 is 0. The maximum Gasteiger partial charge on any atom is 0.315 e. The van der Waals surface area contributed by atoms with E-state index in [0.717, 1.165) is 16.7 Å². The van der Waals surface area contributed by atoms with Crippen LogP contribution in [0.5, 0.6) is 0 Å². The molecule has 0 aliphatic carbocycles. The highest BCUT2D eigenvalue weighted by molar-refractivity contribution is 5.73. The standard InChI is InChI=1S/C21H28N2O2/c1-16-8-10-17(11-9-16)13-22-20(24)23-14-18-6-5-7-19(12-18)15-25-21(2,3)4/h5-12H,13-15H2,1-4H3,(H2,22,23,24). The van der Waals surface area contributed by atoms with E-state index >= 15 is 0 Å². The van der Waals surface area contributed by atoms with E-state index in [1.54, 1.807) is 0 Å². The minimum atomic E-state index is -0.170. The summed E-state index contributed by atoms with van der Waals surface area (Å²) in [6, 6.07) is 16.0. The van der Waals surface area contributed by atoms with Gasteiger partial charge in [-0.1, -0.05) is 54.1 Å². The smallest absolute Gasteiger partial charge is 0.315 e. The fourth-order valence-electron chi connectivity index (χ4n) is 2.26. The topological polar surface area (TPSA) is 50.4 Å². The molecule has 2 amide bonds. The van der Waals surface area contributed by atoms with Crippen LogP contribution in [0.1, 0.15) is 43.0 Å². The summed E-state index contributed by atoms with van der Waals surface area (Å²) in [5.41, 5.74) is 4.30. The van der Waals surface area contributed by atoms with E-state index in [9.17, 15) is 4.79 Å². The van der Waals surface area contributed by atoms with Gasteiger partial charge in [-0.25, -0.2) is 4.79 Å². The molecular formula is C21H28N2O2. The Morgan fingerprint density at radius 2 is 1.52 bits per heavy atom. The molecule has 0 fully saturated rings. The van der Waals surface area contributed by atoms with Gasteiger partial charge in [-0.05, 0) is 44.4 Å². The van der Waals surface area contributed by atoms with Crippen LogP contribution in [0.2, 0.25) is 0 Å². The van der Waals surface area contributed by atoms with Crippen molar-refractivity contribution < 1.29 is 9.53 Å². The maximum atomic E-state index is 12.0. The van der Waals surface area contributed by atoms with E-state index in [0.29, 0.717) is 19.7 Å². The van der Waals surface area contributed by atoms with Gasteiger partial charge in [0.15, 0.2) is 0 Å². The molecule has 0 unspecified atom stereocenters. The van der Waals surface area contributed by atoms with Gasteiger partial charge < -0.3 is 15.4 Å². The largest absolute Gasteiger partial charge is 0.371 e. The summed E-state index contributed by atoms with van der Waals surface area (Å²) < 4.78 is 5.79. The summed E-state index contributed by atoms with van der Waals surface area (Å²) in [6.07, 6.45) is 0. The van der Waals surface area contributed by atoms with Crippen LogP contribution >= 0.6 is 0 Å². The summed E-state index contributed by atoms with van der Waals surface area (Å²) in [7, 11) is 0. The number of nitrogens with one attached hydrogen (secondary N) is 2. The summed E-state index contributed by atoms with van der Waals surface area (Å²) in [6.45, 7) is 9.74. The van der Waals surface area contributed by atoms with Crippen molar-refractivity contribution in [2.45, 2.75) is 53.0 Å². The highest BCUT2D eigenvalue weighted by Crippen LogP contribution is 2.13. The Morgan fingerprint density at radius 3 is 2.16 bits per heavy atom. The lowest BCUT2D eigenvalue weighted by Gasteiger charge is -2.19. The van der Waals surface area contributed by atoms with Crippen LogP contribution in [-0.4, -0.2) is 11.6 Å². The number of urea groups is 1. The molecule has 0 aliphatic rings. The summed E-state index contributed by atoms with van der Waals surface area (Å²) in [5.74, 6) is 0. The zero-order valence-corrected chi connectivity index (χ0v) is 15.6. The second-order valence-electron chi connectivity index (χ2n) is 7.24. The summed E-state index contributed by atoms with van der Waals surface area (Å²) in [5, 5.41) is 5.76. The number of ether oxygens (including phenoxy) is 1. The molecule has 2 aromatic rings. The molecule has 0 saturated heterocycles. The van der Waals surface area contributed by atoms with Crippen molar-refractivity contribution in [3.8, 4) is 0 Å². The minimum Gasteiger partial charge on any atom is -0.371 e. The monoisotopic (exact) mass is 340 g/mol. The molecule has 4 heteroatoms. The second-order valence-corrected chi connectivity index (χ2v) is 7.24. The van der Waals surface area contributed by atoms with Crippen molar-refractivity contribution in [2.24, 2.45) is 0 Å². The fraction of sp³-hybridized carbons (Fsp3) is 0.381. The predicted molar refractivity (Wildman–Crippen MR) is 101 cm³/mol. The molecule has 0 saturated carbocycles. The molecule has 4 nitrogen and oxygen atoms in total. The number of hydrogen-bond donors (Lipinski definition) is 2. The van der Waals surface area contributed by atoms with Gasteiger partial charge in [-0.2, -0.15) is 0 Å². The Hall–Kier alpha value is -2.33. The van der Waals surface area contributed by atoms with Crippen molar-refractivity contribution in [2.75, 3.05) is 0 Å². The van der Waals surface area contributed by atoms with Crippen molar-refractivity contribution in [3.05, 3.63) is 70.8 Å². The van der Waals surface area contributed by atoms with Gasteiger partial charge in [0.05, 0.1) is 12.2 Å². The van der Waals surface area contributed by atoms with Crippen LogP contribution in [0.4, 0.5) is 4.79 Å². The van der Waals surface area contributed by atoms with Crippen molar-refractivity contribution >= 4 is 6.03 Å². The molecule has 0 aromatic heterocycles. The van der Waals surface area contributed by atoms with Crippen LogP contribution < -0.4 is 10.6 Å². The van der Waals surface area contributed by atoms with E-state index in [1.807, 2.05) is 70.2 Å². The first kappa shape index (κ1) is 19.0. The van der Waals surface area contributed by atoms with Gasteiger partial charge in [0.1, 0.15) is 0 Å². The fourth-order valence-corrected chi connectivity index (χ4v) is 2.26. The third kappa shape index (κ3) is 7.40. The van der Waals surface area contributed by atoms with Gasteiger partial charge >= 0.3 is 6.03 Å². The van der Waals surface area contributed by atoms with Crippen LogP contribution in [0.25, 0.3) is 0 Å². The van der Waals surface area contributed by atoms with Gasteiger partial charge in [0.25, 0.3) is 0 Å². The maximum absolute atomic E-state index is 12.0. The molecule has 25 heavy (non-hydrogen) atoms. The first-order valence-electron chi connectivity index (χ1n) is 8.61. The first-order valence-corrected chi connectivity index (χ1v) is 8.61. The quantitative estimate of drug-likeness (QED) is 0.823. The van der Waals surface area contributed by atoms with Crippen LogP contribution in [-0.2, 0) is 24.4 Å². The Labute approximate surface area is 150 Å². The third-order valence-corrected chi connectivity index (χ3v) is 3.69. The average molecular weight is 340 g/mol. The van der Waals surface area contributed by atoms with Crippen LogP contribution in [0, 0.1) is 6.92 Å². The second kappa shape index (κ2) is 8.67. The molecular weight excluding hydrogens is 312 g/mol. The third-order valence-electron chi connectivity index (χ3n) is 3.69. The molecule has 2 rings (SSSR count). The highest BCUT2D eigenvalue weighted by Gasteiger charge is 2.10. The molecule has 0 aliphatic heterocycles. The average Bonchev–Trinajstić information content (AvgIpc) is 2.57. The molecule has 0 radical (unpaired) electrons. The summed E-state index contributed by atoms with van der Waals surface area (Å²) in [4.78, 5) is 12.0. The number of aryl methyl sites for hydroxylation is 1. The molecule has 2 N–H and O–H groups in total. The number of amides is 2. The van der Waals surface area contributed by atoms with Gasteiger partial charge in [0, 0.05) is 13.1 Å². The SMILES string of the molecule is Cc1ccc(CNC(=O)NCc2cccc(COC(C)(C)C)c2)cc1. The minimum absolute atomic E-state index is 0.163. The van der Waals surface area contributed by atoms with Crippen molar-refractivity contribution in [3.63, 3.8) is 0 Å². The Balaban J connectivity index is 1.78. The molecule has 0 heterocycles. The van der Waals surface area contributed by atoms with E-state index < -0.39 is 0 Å². The number of hydrogen-bond acceptors (Lipinski definition) is 2. The van der Waals surface area contributed by atoms with Crippen LogP contribution in [0.15, 0.2) is 48.5 Å². The van der Waals surface area contributed by atoms with Gasteiger partial charge in [-0.3, -0.25) is 0 Å². The molecule has 0 spiro atoms. The van der Waals surface area contributed by atoms with E-state index in [2.05, 4.69) is 16.7 Å². The molecule has 134 valence electrons. The number of benzene rings is 2. The van der Waals surface area contributed by atoms with Crippen LogP contribution in [0.3, 0.4) is 0 Å². The predicted octanol–water partition coefficient (Wildman–Crippen LogP) is 4.31. The van der Waals surface area contributed by atoms with E-state index in [4.69, 9.17) is 4.74 Å². The Morgan fingerprint density at radius 1 is 0.920 bits per heavy atom. The van der Waals surface area contributed by atoms with Crippen molar-refractivity contribution in [1.29, 1.82) is 0 Å². The number of carbonyl (C=O) groups is 1. The normalized spacial score (nSPS) is 11.2. The van der Waals surface area contributed by atoms with E-state index in [-0.39, 0.29) is 11.6 Å². The lowest BCUT2D eigenvalue weighted by Crippen LogP contribution is -2.34. The Bertz CT molecular complexity index is 688. The number of rotatable bonds is 6. The lowest BCUT2D eigenvalue weighted by atomic mass is 10.1. The Kier molecular flexibility index (Phi) is 6.59. The van der Waals surface area contributed by atoms with E-state index in [1.165, 1.54) is 5.56 Å². The van der Waals surface area contributed by atoms with Gasteiger partial charge in [-0.15, -0.1) is 0 Å². The lowest BCUT2D eigenvalue weighted by molar-refractivity contribution is -0.0149. The molecule has 2 aromatic carbocycles. The highest BCUT2D eigenvalue weighted by atomic mass is 16.5. The zero-order valence-electron chi connectivity index (χ0n) is 15.6. The zero-order chi connectivity index (χ0) is 18.3. The van der Waals surface area contributed by atoms with Gasteiger partial charge in [0.2, 0.25) is 0 Å². The van der Waals surface area contributed by atoms with Crippen molar-refractivity contribution in [1.82, 2.24) is 10.6 Å². The number of carbonyl (C=O) groups excluding carboxylic acids is 1. The molecule has 0 bridgehead atoms. The first-order chi connectivity index (χ1) is 11.8. The molecule has 0 atom stereocenters.